The number of thiophene rings is 1. The molecule has 0 saturated carbocycles. The Balaban J connectivity index is 1.34. The molecular weight excluding hydrogens is 516 g/mol. The number of rotatable bonds is 9. The Hall–Kier alpha value is -3.43. The van der Waals surface area contributed by atoms with Gasteiger partial charge in [0.15, 0.2) is 5.16 Å². The zero-order chi connectivity index (χ0) is 26.5. The van der Waals surface area contributed by atoms with Crippen molar-refractivity contribution in [3.8, 4) is 11.4 Å². The normalized spacial score (nSPS) is 13.1. The summed E-state index contributed by atoms with van der Waals surface area (Å²) in [5, 5.41) is 5.32. The second-order valence-corrected chi connectivity index (χ2v) is 11.3. The summed E-state index contributed by atoms with van der Waals surface area (Å²) in [6, 6.07) is 15.3. The number of thioether (sulfide) groups is 1. The largest absolute Gasteiger partial charge is 0.494 e. The molecule has 5 rings (SSSR count). The molecule has 2 aromatic heterocycles. The SMILES string of the molecule is CCCOc1ccc(/C=N\NC(=O)CSc2nc3sc4c(c3c(=O)n2-c2ccc(C)cc2)CCCC4)cc1. The minimum absolute atomic E-state index is 0.0643. The molecule has 0 saturated heterocycles. The molecule has 0 radical (unpaired) electrons. The molecular formula is C29H30N4O3S2. The van der Waals surface area contributed by atoms with E-state index in [9.17, 15) is 9.59 Å². The van der Waals surface area contributed by atoms with Crippen LogP contribution in [-0.4, -0.2) is 34.0 Å². The Morgan fingerprint density at radius 3 is 2.68 bits per heavy atom. The molecule has 0 fully saturated rings. The summed E-state index contributed by atoms with van der Waals surface area (Å²) in [7, 11) is 0. The molecule has 1 aliphatic carbocycles. The molecule has 38 heavy (non-hydrogen) atoms. The van der Waals surface area contributed by atoms with E-state index in [-0.39, 0.29) is 17.2 Å². The van der Waals surface area contributed by atoms with Crippen molar-refractivity contribution < 1.29 is 9.53 Å². The van der Waals surface area contributed by atoms with Crippen molar-refractivity contribution in [1.82, 2.24) is 15.0 Å². The molecule has 4 aromatic rings. The Morgan fingerprint density at radius 1 is 1.16 bits per heavy atom. The van der Waals surface area contributed by atoms with E-state index in [1.807, 2.05) is 55.5 Å². The van der Waals surface area contributed by atoms with Crippen LogP contribution in [0.3, 0.4) is 0 Å². The summed E-state index contributed by atoms with van der Waals surface area (Å²) in [6.45, 7) is 4.75. The van der Waals surface area contributed by atoms with Crippen LogP contribution in [0.4, 0.5) is 0 Å². The van der Waals surface area contributed by atoms with Gasteiger partial charge in [-0.3, -0.25) is 14.2 Å². The van der Waals surface area contributed by atoms with Crippen LogP contribution in [0.5, 0.6) is 5.75 Å². The average Bonchev–Trinajstić information content (AvgIpc) is 3.31. The van der Waals surface area contributed by atoms with Gasteiger partial charge in [-0.25, -0.2) is 10.4 Å². The lowest BCUT2D eigenvalue weighted by Gasteiger charge is -2.13. The summed E-state index contributed by atoms with van der Waals surface area (Å²) >= 11 is 2.86. The van der Waals surface area contributed by atoms with Crippen LogP contribution in [0.15, 0.2) is 63.6 Å². The maximum atomic E-state index is 13.8. The maximum absolute atomic E-state index is 13.8. The second kappa shape index (κ2) is 12.0. The van der Waals surface area contributed by atoms with Crippen molar-refractivity contribution >= 4 is 45.4 Å². The van der Waals surface area contributed by atoms with E-state index >= 15 is 0 Å². The van der Waals surface area contributed by atoms with E-state index in [1.165, 1.54) is 16.6 Å². The lowest BCUT2D eigenvalue weighted by Crippen LogP contribution is -2.24. The molecule has 1 aliphatic rings. The highest BCUT2D eigenvalue weighted by molar-refractivity contribution is 7.99. The zero-order valence-corrected chi connectivity index (χ0v) is 23.2. The molecule has 0 spiro atoms. The second-order valence-electron chi connectivity index (χ2n) is 9.26. The first-order valence-electron chi connectivity index (χ1n) is 12.9. The number of aromatic nitrogens is 2. The number of hydrogen-bond acceptors (Lipinski definition) is 7. The first-order valence-corrected chi connectivity index (χ1v) is 14.7. The molecule has 7 nitrogen and oxygen atoms in total. The van der Waals surface area contributed by atoms with E-state index in [4.69, 9.17) is 9.72 Å². The third kappa shape index (κ3) is 5.84. The number of nitrogens with one attached hydrogen (secondary N) is 1. The first-order chi connectivity index (χ1) is 18.5. The molecule has 9 heteroatoms. The van der Waals surface area contributed by atoms with Gasteiger partial charge >= 0.3 is 0 Å². The molecule has 196 valence electrons. The van der Waals surface area contributed by atoms with E-state index < -0.39 is 0 Å². The number of nitrogens with zero attached hydrogens (tertiary/aromatic N) is 3. The van der Waals surface area contributed by atoms with Crippen LogP contribution in [0, 0.1) is 6.92 Å². The molecule has 0 unspecified atom stereocenters. The van der Waals surface area contributed by atoms with Gasteiger partial charge in [0.2, 0.25) is 0 Å². The quantitative estimate of drug-likeness (QED) is 0.127. The Labute approximate surface area is 230 Å². The van der Waals surface area contributed by atoms with Crippen LogP contribution in [-0.2, 0) is 17.6 Å². The van der Waals surface area contributed by atoms with Crippen molar-refractivity contribution in [2.45, 2.75) is 51.1 Å². The fourth-order valence-electron chi connectivity index (χ4n) is 4.42. The highest BCUT2D eigenvalue weighted by atomic mass is 32.2. The van der Waals surface area contributed by atoms with Gasteiger partial charge in [0, 0.05) is 4.88 Å². The predicted molar refractivity (Wildman–Crippen MR) is 155 cm³/mol. The minimum Gasteiger partial charge on any atom is -0.494 e. The van der Waals surface area contributed by atoms with Gasteiger partial charge in [0.1, 0.15) is 10.6 Å². The molecule has 0 atom stereocenters. The standard InChI is InChI=1S/C29H30N4O3S2/c1-3-16-36-22-14-10-20(11-15-22)17-30-32-25(34)18-37-29-31-27-26(23-6-4-5-7-24(23)38-27)28(35)33(29)21-12-8-19(2)9-13-21/h8-15,17H,3-7,16,18H2,1-2H3,(H,32,34)/b30-17-. The van der Waals surface area contributed by atoms with Crippen molar-refractivity contribution in [1.29, 1.82) is 0 Å². The van der Waals surface area contributed by atoms with Gasteiger partial charge in [0.05, 0.1) is 29.6 Å². The molecule has 1 N–H and O–H groups in total. The average molecular weight is 547 g/mol. The monoisotopic (exact) mass is 546 g/mol. The number of aryl methyl sites for hydroxylation is 3. The Kier molecular flexibility index (Phi) is 8.24. The summed E-state index contributed by atoms with van der Waals surface area (Å²) < 4.78 is 7.23. The van der Waals surface area contributed by atoms with Crippen molar-refractivity contribution in [2.24, 2.45) is 5.10 Å². The van der Waals surface area contributed by atoms with Crippen LogP contribution in [0.2, 0.25) is 0 Å². The fraction of sp³-hybridized carbons (Fsp3) is 0.310. The molecule has 2 heterocycles. The number of ether oxygens (including phenoxy) is 1. The number of carbonyl (C=O) groups excluding carboxylic acids is 1. The van der Waals surface area contributed by atoms with Gasteiger partial charge in [-0.15, -0.1) is 11.3 Å². The summed E-state index contributed by atoms with van der Waals surface area (Å²) in [5.74, 6) is 0.611. The minimum atomic E-state index is -0.274. The number of benzene rings is 2. The first kappa shape index (κ1) is 26.2. The van der Waals surface area contributed by atoms with E-state index in [0.29, 0.717) is 11.8 Å². The van der Waals surface area contributed by atoms with Crippen LogP contribution < -0.4 is 15.7 Å². The Morgan fingerprint density at radius 2 is 1.92 bits per heavy atom. The maximum Gasteiger partial charge on any atom is 0.267 e. The van der Waals surface area contributed by atoms with Crippen molar-refractivity contribution in [3.63, 3.8) is 0 Å². The van der Waals surface area contributed by atoms with E-state index in [0.717, 1.165) is 70.4 Å². The fourth-order valence-corrected chi connectivity index (χ4v) is 6.52. The third-order valence-corrected chi connectivity index (χ3v) is 8.46. The number of hydrogen-bond donors (Lipinski definition) is 1. The van der Waals surface area contributed by atoms with Gasteiger partial charge in [0.25, 0.3) is 11.5 Å². The number of amides is 1. The number of carbonyl (C=O) groups is 1. The topological polar surface area (TPSA) is 85.6 Å². The smallest absolute Gasteiger partial charge is 0.267 e. The lowest BCUT2D eigenvalue weighted by atomic mass is 9.97. The molecule has 0 aliphatic heterocycles. The van der Waals surface area contributed by atoms with E-state index in [2.05, 4.69) is 17.5 Å². The lowest BCUT2D eigenvalue weighted by molar-refractivity contribution is -0.118. The molecule has 0 bridgehead atoms. The molecule has 1 amide bonds. The predicted octanol–water partition coefficient (Wildman–Crippen LogP) is 5.67. The zero-order valence-electron chi connectivity index (χ0n) is 21.5. The molecule has 2 aromatic carbocycles. The Bertz CT molecular complexity index is 1520. The van der Waals surface area contributed by atoms with Gasteiger partial charge < -0.3 is 4.74 Å². The number of hydrazone groups is 1. The van der Waals surface area contributed by atoms with Crippen molar-refractivity contribution in [2.75, 3.05) is 12.4 Å². The highest BCUT2D eigenvalue weighted by Gasteiger charge is 2.23. The number of fused-ring (bicyclic) bond motifs is 3. The van der Waals surface area contributed by atoms with E-state index in [1.54, 1.807) is 22.1 Å². The summed E-state index contributed by atoms with van der Waals surface area (Å²) in [6.07, 6.45) is 6.70. The third-order valence-electron chi connectivity index (χ3n) is 6.34. The van der Waals surface area contributed by atoms with Gasteiger partial charge in [-0.05, 0) is 86.6 Å². The van der Waals surface area contributed by atoms with Crippen LogP contribution >= 0.6 is 23.1 Å². The van der Waals surface area contributed by atoms with Crippen LogP contribution in [0.25, 0.3) is 15.9 Å². The summed E-state index contributed by atoms with van der Waals surface area (Å²) in [5.41, 5.74) is 6.37. The van der Waals surface area contributed by atoms with Gasteiger partial charge in [-0.2, -0.15) is 5.10 Å². The van der Waals surface area contributed by atoms with Gasteiger partial charge in [-0.1, -0.05) is 36.4 Å². The highest BCUT2D eigenvalue weighted by Crippen LogP contribution is 2.35. The van der Waals surface area contributed by atoms with Crippen molar-refractivity contribution in [3.05, 3.63) is 80.5 Å². The summed E-state index contributed by atoms with van der Waals surface area (Å²) in [4.78, 5) is 33.3. The van der Waals surface area contributed by atoms with Crippen LogP contribution in [0.1, 0.15) is 47.8 Å².